The predicted molar refractivity (Wildman–Crippen MR) is 55.5 cm³/mol. The highest BCUT2D eigenvalue weighted by Gasteiger charge is 2.01. The van der Waals surface area contributed by atoms with E-state index in [9.17, 15) is 0 Å². The molecule has 0 aliphatic rings. The van der Waals surface area contributed by atoms with Crippen molar-refractivity contribution < 1.29 is 4.42 Å². The van der Waals surface area contributed by atoms with E-state index in [1.54, 1.807) is 6.26 Å². The topological polar surface area (TPSA) is 26.0 Å². The quantitative estimate of drug-likeness (QED) is 0.756. The molecule has 0 aliphatic carbocycles. The smallest absolute Gasteiger partial charge is 0.198 e. The molecule has 0 saturated carbocycles. The van der Waals surface area contributed by atoms with Crippen molar-refractivity contribution in [3.8, 4) is 0 Å². The molecule has 1 aromatic heterocycles. The minimum absolute atomic E-state index is 0.713. The summed E-state index contributed by atoms with van der Waals surface area (Å²) in [4.78, 5) is 4.23. The SMILES string of the molecule is Cc1coc(Cc2ccc(Cl)cc2)n1. The highest BCUT2D eigenvalue weighted by atomic mass is 35.5. The van der Waals surface area contributed by atoms with Gasteiger partial charge in [0.1, 0.15) is 6.26 Å². The first-order valence-corrected chi connectivity index (χ1v) is 4.77. The highest BCUT2D eigenvalue weighted by molar-refractivity contribution is 6.30. The Morgan fingerprint density at radius 1 is 1.29 bits per heavy atom. The Morgan fingerprint density at radius 3 is 2.57 bits per heavy atom. The van der Waals surface area contributed by atoms with Gasteiger partial charge in [-0.1, -0.05) is 23.7 Å². The molecule has 0 fully saturated rings. The fourth-order valence-corrected chi connectivity index (χ4v) is 1.39. The van der Waals surface area contributed by atoms with E-state index in [0.717, 1.165) is 22.2 Å². The van der Waals surface area contributed by atoms with Crippen molar-refractivity contribution in [3.63, 3.8) is 0 Å². The molecule has 14 heavy (non-hydrogen) atoms. The van der Waals surface area contributed by atoms with Crippen molar-refractivity contribution in [2.75, 3.05) is 0 Å². The predicted octanol–water partition coefficient (Wildman–Crippen LogP) is 3.23. The maximum atomic E-state index is 5.78. The molecule has 1 aromatic carbocycles. The van der Waals surface area contributed by atoms with Crippen LogP contribution in [0.2, 0.25) is 5.02 Å². The third-order valence-corrected chi connectivity index (χ3v) is 2.19. The van der Waals surface area contributed by atoms with Crippen molar-refractivity contribution in [2.45, 2.75) is 13.3 Å². The van der Waals surface area contributed by atoms with Crippen LogP contribution in [0.3, 0.4) is 0 Å². The fraction of sp³-hybridized carbons (Fsp3) is 0.182. The number of aromatic nitrogens is 1. The second-order valence-electron chi connectivity index (χ2n) is 3.19. The summed E-state index contributed by atoms with van der Waals surface area (Å²) >= 11 is 5.78. The van der Waals surface area contributed by atoms with E-state index in [2.05, 4.69) is 4.98 Å². The molecule has 0 spiro atoms. The van der Waals surface area contributed by atoms with Gasteiger partial charge in [0.25, 0.3) is 0 Å². The first-order valence-electron chi connectivity index (χ1n) is 4.39. The van der Waals surface area contributed by atoms with Crippen molar-refractivity contribution in [1.82, 2.24) is 4.98 Å². The Balaban J connectivity index is 2.15. The summed E-state index contributed by atoms with van der Waals surface area (Å²) in [5, 5.41) is 0.748. The van der Waals surface area contributed by atoms with Crippen LogP contribution in [0.5, 0.6) is 0 Å². The number of hydrogen-bond acceptors (Lipinski definition) is 2. The highest BCUT2D eigenvalue weighted by Crippen LogP contribution is 2.13. The van der Waals surface area contributed by atoms with Gasteiger partial charge >= 0.3 is 0 Å². The molecule has 2 nitrogen and oxygen atoms in total. The number of oxazole rings is 1. The summed E-state index contributed by atoms with van der Waals surface area (Å²) < 4.78 is 5.25. The Hall–Kier alpha value is -1.28. The van der Waals surface area contributed by atoms with Crippen molar-refractivity contribution in [2.24, 2.45) is 0 Å². The number of halogens is 1. The number of benzene rings is 1. The van der Waals surface area contributed by atoms with Crippen LogP contribution in [0, 0.1) is 6.92 Å². The van der Waals surface area contributed by atoms with Crippen molar-refractivity contribution in [1.29, 1.82) is 0 Å². The van der Waals surface area contributed by atoms with E-state index in [4.69, 9.17) is 16.0 Å². The molecule has 0 radical (unpaired) electrons. The summed E-state index contributed by atoms with van der Waals surface area (Å²) in [6, 6.07) is 7.68. The van der Waals surface area contributed by atoms with E-state index in [1.807, 2.05) is 31.2 Å². The summed E-state index contributed by atoms with van der Waals surface area (Å²) in [5.41, 5.74) is 2.06. The Morgan fingerprint density at radius 2 is 2.00 bits per heavy atom. The first-order chi connectivity index (χ1) is 6.74. The second-order valence-corrected chi connectivity index (χ2v) is 3.62. The molecule has 0 bridgehead atoms. The van der Waals surface area contributed by atoms with Gasteiger partial charge in [-0.05, 0) is 24.6 Å². The molecule has 1 heterocycles. The summed E-state index contributed by atoms with van der Waals surface area (Å²) in [7, 11) is 0. The minimum Gasteiger partial charge on any atom is -0.448 e. The molecular weight excluding hydrogens is 198 g/mol. The molecule has 0 saturated heterocycles. The summed E-state index contributed by atoms with van der Waals surface area (Å²) in [5.74, 6) is 0.741. The molecular formula is C11H10ClNO. The number of nitrogens with zero attached hydrogens (tertiary/aromatic N) is 1. The average molecular weight is 208 g/mol. The first kappa shape index (κ1) is 9.28. The van der Waals surface area contributed by atoms with E-state index < -0.39 is 0 Å². The zero-order valence-corrected chi connectivity index (χ0v) is 8.58. The number of hydrogen-bond donors (Lipinski definition) is 0. The number of rotatable bonds is 2. The third kappa shape index (κ3) is 2.15. The van der Waals surface area contributed by atoms with Gasteiger partial charge in [-0.3, -0.25) is 0 Å². The van der Waals surface area contributed by atoms with Gasteiger partial charge in [0.2, 0.25) is 0 Å². The van der Waals surface area contributed by atoms with E-state index in [-0.39, 0.29) is 0 Å². The van der Waals surface area contributed by atoms with Gasteiger partial charge in [-0.2, -0.15) is 0 Å². The summed E-state index contributed by atoms with van der Waals surface area (Å²) in [6.07, 6.45) is 2.37. The molecule has 0 unspecified atom stereocenters. The van der Waals surface area contributed by atoms with Crippen LogP contribution in [-0.2, 0) is 6.42 Å². The molecule has 0 atom stereocenters. The molecule has 0 amide bonds. The van der Waals surface area contributed by atoms with Gasteiger partial charge in [-0.25, -0.2) is 4.98 Å². The van der Waals surface area contributed by atoms with Crippen LogP contribution >= 0.6 is 11.6 Å². The zero-order chi connectivity index (χ0) is 9.97. The maximum absolute atomic E-state index is 5.78. The van der Waals surface area contributed by atoms with Crippen LogP contribution in [0.25, 0.3) is 0 Å². The fourth-order valence-electron chi connectivity index (χ4n) is 1.26. The van der Waals surface area contributed by atoms with Crippen LogP contribution < -0.4 is 0 Å². The molecule has 2 rings (SSSR count). The average Bonchev–Trinajstić information content (AvgIpc) is 2.56. The van der Waals surface area contributed by atoms with Crippen LogP contribution in [0.1, 0.15) is 17.1 Å². The molecule has 2 aromatic rings. The second kappa shape index (κ2) is 3.84. The molecule has 72 valence electrons. The lowest BCUT2D eigenvalue weighted by Gasteiger charge is -1.96. The van der Waals surface area contributed by atoms with Gasteiger partial charge in [-0.15, -0.1) is 0 Å². The van der Waals surface area contributed by atoms with Gasteiger partial charge in [0.15, 0.2) is 5.89 Å². The van der Waals surface area contributed by atoms with Crippen LogP contribution in [-0.4, -0.2) is 4.98 Å². The molecule has 0 N–H and O–H groups in total. The maximum Gasteiger partial charge on any atom is 0.198 e. The Labute approximate surface area is 87.5 Å². The lowest BCUT2D eigenvalue weighted by molar-refractivity contribution is 0.506. The lowest BCUT2D eigenvalue weighted by atomic mass is 10.1. The van der Waals surface area contributed by atoms with Crippen LogP contribution in [0.15, 0.2) is 34.9 Å². The van der Waals surface area contributed by atoms with Gasteiger partial charge in [0, 0.05) is 11.4 Å². The van der Waals surface area contributed by atoms with E-state index in [1.165, 1.54) is 0 Å². The largest absolute Gasteiger partial charge is 0.448 e. The zero-order valence-electron chi connectivity index (χ0n) is 7.83. The van der Waals surface area contributed by atoms with E-state index >= 15 is 0 Å². The monoisotopic (exact) mass is 207 g/mol. The van der Waals surface area contributed by atoms with Crippen LogP contribution in [0.4, 0.5) is 0 Å². The molecule has 0 aliphatic heterocycles. The van der Waals surface area contributed by atoms with Crippen molar-refractivity contribution >= 4 is 11.6 Å². The Bertz CT molecular complexity index is 419. The normalized spacial score (nSPS) is 10.4. The van der Waals surface area contributed by atoms with Gasteiger partial charge < -0.3 is 4.42 Å². The lowest BCUT2D eigenvalue weighted by Crippen LogP contribution is -1.87. The summed E-state index contributed by atoms with van der Waals surface area (Å²) in [6.45, 7) is 1.91. The third-order valence-electron chi connectivity index (χ3n) is 1.94. The Kier molecular flexibility index (Phi) is 2.55. The minimum atomic E-state index is 0.713. The standard InChI is InChI=1S/C11H10ClNO/c1-8-7-14-11(13-8)6-9-2-4-10(12)5-3-9/h2-5,7H,6H2,1H3. The van der Waals surface area contributed by atoms with Gasteiger partial charge in [0.05, 0.1) is 5.69 Å². The van der Waals surface area contributed by atoms with E-state index in [0.29, 0.717) is 6.42 Å². The number of aryl methyl sites for hydroxylation is 1. The van der Waals surface area contributed by atoms with Crippen molar-refractivity contribution in [3.05, 3.63) is 52.7 Å². The molecule has 3 heteroatoms.